The molecule has 2 N–H and O–H groups in total. The van der Waals surface area contributed by atoms with E-state index in [9.17, 15) is 9.90 Å². The van der Waals surface area contributed by atoms with Gasteiger partial charge in [0, 0.05) is 20.6 Å². The van der Waals surface area contributed by atoms with Crippen LogP contribution in [0.25, 0.3) is 10.8 Å². The van der Waals surface area contributed by atoms with Gasteiger partial charge >= 0.3 is 0 Å². The predicted molar refractivity (Wildman–Crippen MR) is 81.6 cm³/mol. The van der Waals surface area contributed by atoms with Gasteiger partial charge in [0.25, 0.3) is 5.91 Å². The van der Waals surface area contributed by atoms with Gasteiger partial charge in [-0.3, -0.25) is 4.79 Å². The van der Waals surface area contributed by atoms with Crippen molar-refractivity contribution in [1.82, 2.24) is 0 Å². The van der Waals surface area contributed by atoms with Crippen molar-refractivity contribution in [3.63, 3.8) is 0 Å². The van der Waals surface area contributed by atoms with Crippen LogP contribution in [0.2, 0.25) is 5.02 Å². The minimum Gasteiger partial charge on any atom is -0.381 e. The lowest BCUT2D eigenvalue weighted by Crippen LogP contribution is -2.36. The van der Waals surface area contributed by atoms with Crippen molar-refractivity contribution in [2.75, 3.05) is 5.32 Å². The lowest BCUT2D eigenvalue weighted by atomic mass is 10.1. The van der Waals surface area contributed by atoms with Gasteiger partial charge in [0.15, 0.2) is 0 Å². The maximum absolute atomic E-state index is 11.7. The van der Waals surface area contributed by atoms with Crippen LogP contribution in [0.15, 0.2) is 34.8 Å². The van der Waals surface area contributed by atoms with Crippen molar-refractivity contribution < 1.29 is 9.90 Å². The molecule has 3 nitrogen and oxygen atoms in total. The Morgan fingerprint density at radius 2 is 2.05 bits per heavy atom. The number of amides is 1. The fraction of sp³-hybridized carbons (Fsp3) is 0.214. The maximum Gasteiger partial charge on any atom is 0.255 e. The summed E-state index contributed by atoms with van der Waals surface area (Å²) in [6.45, 7) is 2.88. The van der Waals surface area contributed by atoms with Crippen molar-refractivity contribution in [2.45, 2.75) is 19.4 Å². The van der Waals surface area contributed by atoms with E-state index in [4.69, 9.17) is 11.6 Å². The molecule has 0 unspecified atom stereocenters. The average Bonchev–Trinajstić information content (AvgIpc) is 2.27. The van der Waals surface area contributed by atoms with Gasteiger partial charge in [-0.05, 0) is 37.4 Å². The van der Waals surface area contributed by atoms with Crippen LogP contribution in [0.3, 0.4) is 0 Å². The molecular formula is C14H13BrClNO2. The van der Waals surface area contributed by atoms with Gasteiger partial charge in [-0.25, -0.2) is 0 Å². The van der Waals surface area contributed by atoms with Crippen molar-refractivity contribution in [2.24, 2.45) is 0 Å². The van der Waals surface area contributed by atoms with Gasteiger partial charge in [-0.1, -0.05) is 39.7 Å². The Labute approximate surface area is 124 Å². The summed E-state index contributed by atoms with van der Waals surface area (Å²) < 4.78 is 0.793. The predicted octanol–water partition coefficient (Wildman–Crippen LogP) is 3.97. The third-order valence-electron chi connectivity index (χ3n) is 2.69. The van der Waals surface area contributed by atoms with Crippen molar-refractivity contribution >= 4 is 49.9 Å². The van der Waals surface area contributed by atoms with Crippen LogP contribution in [0.1, 0.15) is 13.8 Å². The number of fused-ring (bicyclic) bond motifs is 1. The normalized spacial score (nSPS) is 11.6. The summed E-state index contributed by atoms with van der Waals surface area (Å²) in [7, 11) is 0. The first-order chi connectivity index (χ1) is 8.79. The highest BCUT2D eigenvalue weighted by molar-refractivity contribution is 9.10. The van der Waals surface area contributed by atoms with Crippen LogP contribution in [-0.2, 0) is 4.79 Å². The molecule has 1 amide bonds. The molecule has 0 saturated heterocycles. The van der Waals surface area contributed by atoms with E-state index in [0.29, 0.717) is 10.7 Å². The minimum absolute atomic E-state index is 0.458. The topological polar surface area (TPSA) is 49.3 Å². The fourth-order valence-corrected chi connectivity index (χ4v) is 2.77. The van der Waals surface area contributed by atoms with Crippen molar-refractivity contribution in [3.05, 3.63) is 39.8 Å². The highest BCUT2D eigenvalue weighted by Crippen LogP contribution is 2.33. The number of halogens is 2. The third-order valence-corrected chi connectivity index (χ3v) is 3.63. The summed E-state index contributed by atoms with van der Waals surface area (Å²) in [5.41, 5.74) is -0.816. The molecule has 2 aromatic rings. The average molecular weight is 343 g/mol. The second-order valence-corrected chi connectivity index (χ2v) is 6.07. The van der Waals surface area contributed by atoms with Crippen LogP contribution in [0, 0.1) is 0 Å². The van der Waals surface area contributed by atoms with E-state index in [0.717, 1.165) is 15.2 Å². The first-order valence-electron chi connectivity index (χ1n) is 5.70. The van der Waals surface area contributed by atoms with Gasteiger partial charge in [0.05, 0.1) is 0 Å². The third kappa shape index (κ3) is 3.08. The number of carbonyl (C=O) groups excluding carboxylic acids is 1. The summed E-state index contributed by atoms with van der Waals surface area (Å²) in [6, 6.07) is 9.14. The number of nitrogens with one attached hydrogen (secondary N) is 1. The molecule has 0 aliphatic heterocycles. The largest absolute Gasteiger partial charge is 0.381 e. The van der Waals surface area contributed by atoms with E-state index >= 15 is 0 Å². The molecule has 100 valence electrons. The zero-order valence-corrected chi connectivity index (χ0v) is 12.8. The van der Waals surface area contributed by atoms with Crippen LogP contribution < -0.4 is 5.32 Å². The summed E-state index contributed by atoms with van der Waals surface area (Å²) >= 11 is 9.58. The van der Waals surface area contributed by atoms with E-state index < -0.39 is 11.5 Å². The molecule has 0 aliphatic carbocycles. The lowest BCUT2D eigenvalue weighted by molar-refractivity contribution is -0.130. The molecule has 0 spiro atoms. The molecule has 0 aromatic heterocycles. The smallest absolute Gasteiger partial charge is 0.255 e. The summed E-state index contributed by atoms with van der Waals surface area (Å²) in [5.74, 6) is -0.458. The van der Waals surface area contributed by atoms with Crippen molar-refractivity contribution in [3.8, 4) is 0 Å². The fourth-order valence-electron chi connectivity index (χ4n) is 1.69. The quantitative estimate of drug-likeness (QED) is 0.867. The maximum atomic E-state index is 11.7. The second kappa shape index (κ2) is 5.12. The number of benzene rings is 2. The first-order valence-corrected chi connectivity index (χ1v) is 6.88. The summed E-state index contributed by atoms with van der Waals surface area (Å²) in [5, 5.41) is 14.7. The molecule has 0 fully saturated rings. The van der Waals surface area contributed by atoms with Crippen LogP contribution in [-0.4, -0.2) is 16.6 Å². The Hall–Kier alpha value is -1.10. The van der Waals surface area contributed by atoms with Gasteiger partial charge in [-0.2, -0.15) is 0 Å². The van der Waals surface area contributed by atoms with Gasteiger partial charge in [0.1, 0.15) is 5.60 Å². The van der Waals surface area contributed by atoms with Crippen molar-refractivity contribution in [1.29, 1.82) is 0 Å². The van der Waals surface area contributed by atoms with Gasteiger partial charge in [-0.15, -0.1) is 0 Å². The molecule has 0 atom stereocenters. The minimum atomic E-state index is -1.42. The molecule has 0 radical (unpaired) electrons. The molecule has 2 aromatic carbocycles. The van der Waals surface area contributed by atoms with E-state index in [1.54, 1.807) is 6.07 Å². The molecule has 0 saturated carbocycles. The lowest BCUT2D eigenvalue weighted by Gasteiger charge is -2.17. The highest BCUT2D eigenvalue weighted by atomic mass is 79.9. The Morgan fingerprint density at radius 1 is 1.37 bits per heavy atom. The molecule has 0 heterocycles. The number of rotatable bonds is 2. The number of anilines is 1. The standard InChI is InChI=1S/C14H13BrClNO2/c1-14(2,19)13(18)17-9-6-8-4-3-5-11(16)12(8)10(15)7-9/h3-7,19H,1-2H3,(H,17,18). The molecular weight excluding hydrogens is 330 g/mol. The molecule has 0 bridgehead atoms. The van der Waals surface area contributed by atoms with E-state index in [1.165, 1.54) is 13.8 Å². The van der Waals surface area contributed by atoms with Crippen LogP contribution in [0.4, 0.5) is 5.69 Å². The zero-order chi connectivity index (χ0) is 14.2. The number of carbonyl (C=O) groups is 1. The zero-order valence-electron chi connectivity index (χ0n) is 10.5. The summed E-state index contributed by atoms with van der Waals surface area (Å²) in [6.07, 6.45) is 0. The van der Waals surface area contributed by atoms with E-state index in [1.807, 2.05) is 24.3 Å². The number of aliphatic hydroxyl groups is 1. The Bertz CT molecular complexity index is 650. The Kier molecular flexibility index (Phi) is 3.85. The van der Waals surface area contributed by atoms with Crippen LogP contribution >= 0.6 is 27.5 Å². The molecule has 0 aliphatic rings. The van der Waals surface area contributed by atoms with E-state index in [2.05, 4.69) is 21.2 Å². The van der Waals surface area contributed by atoms with Crippen LogP contribution in [0.5, 0.6) is 0 Å². The Morgan fingerprint density at radius 3 is 2.68 bits per heavy atom. The van der Waals surface area contributed by atoms with Gasteiger partial charge in [0.2, 0.25) is 0 Å². The SMILES string of the molecule is CC(C)(O)C(=O)Nc1cc(Br)c2c(Cl)cccc2c1. The number of hydrogen-bond donors (Lipinski definition) is 2. The highest BCUT2D eigenvalue weighted by Gasteiger charge is 2.23. The monoisotopic (exact) mass is 341 g/mol. The molecule has 5 heteroatoms. The number of hydrogen-bond acceptors (Lipinski definition) is 2. The molecule has 2 rings (SSSR count). The first kappa shape index (κ1) is 14.3. The second-order valence-electron chi connectivity index (χ2n) is 4.81. The van der Waals surface area contributed by atoms with Gasteiger partial charge < -0.3 is 10.4 Å². The summed E-state index contributed by atoms with van der Waals surface area (Å²) in [4.78, 5) is 11.7. The van der Waals surface area contributed by atoms with E-state index in [-0.39, 0.29) is 0 Å². The molecule has 19 heavy (non-hydrogen) atoms. The Balaban J connectivity index is 2.45.